The van der Waals surface area contributed by atoms with E-state index < -0.39 is 12.1 Å². The first-order chi connectivity index (χ1) is 24.5. The van der Waals surface area contributed by atoms with E-state index in [1.54, 1.807) is 13.8 Å². The molecule has 3 atom stereocenters. The van der Waals surface area contributed by atoms with Crippen LogP contribution in [0.5, 0.6) is 0 Å². The zero-order valence-corrected chi connectivity index (χ0v) is 40.0. The number of rotatable bonds is 29. The molecular formula is C43H88NO8U+. The third-order valence-corrected chi connectivity index (χ3v) is 7.51. The molecule has 0 aliphatic carbocycles. The molecule has 0 aromatic carbocycles. The topological polar surface area (TPSA) is 130 Å². The van der Waals surface area contributed by atoms with Crippen LogP contribution in [0.1, 0.15) is 193 Å². The van der Waals surface area contributed by atoms with Crippen molar-refractivity contribution < 1.29 is 74.6 Å². The minimum absolute atomic E-state index is 0. The summed E-state index contributed by atoms with van der Waals surface area (Å²) < 4.78 is 15.2. The van der Waals surface area contributed by atoms with E-state index in [0.717, 1.165) is 70.4 Å². The maximum absolute atomic E-state index is 12.1. The monoisotopic (exact) mass is 985 g/mol. The zero-order chi connectivity index (χ0) is 40.1. The Kier molecular flexibility index (Phi) is 72.2. The SMILES string of the molecule is C.CC.CCCCC(C)[C-]=O.CCCCCCC(C)C.CCCCCCC(C)C(=O)OCC(COC=O)OC(=O)CCC[NH2+]CCCC(C)=O.[CH2-]C.[U+2]. The number of carbonyl (C=O) groups excluding carboxylic acids is 5. The van der Waals surface area contributed by atoms with Gasteiger partial charge in [-0.1, -0.05) is 147 Å². The van der Waals surface area contributed by atoms with Gasteiger partial charge in [0.25, 0.3) is 6.47 Å². The largest absolute Gasteiger partial charge is 2.00 e. The van der Waals surface area contributed by atoms with Crippen LogP contribution in [0.3, 0.4) is 0 Å². The van der Waals surface area contributed by atoms with Crippen molar-refractivity contribution in [1.82, 2.24) is 0 Å². The van der Waals surface area contributed by atoms with Crippen LogP contribution in [0.2, 0.25) is 0 Å². The van der Waals surface area contributed by atoms with Gasteiger partial charge in [0, 0.05) is 19.3 Å². The number of nitrogens with two attached hydrogens (primary N) is 1. The molecule has 0 aliphatic heterocycles. The van der Waals surface area contributed by atoms with Gasteiger partial charge in [-0.05, 0) is 19.3 Å². The Morgan fingerprint density at radius 2 is 1.25 bits per heavy atom. The number of ether oxygens (including phenoxy) is 3. The molecule has 0 fully saturated rings. The second-order valence-corrected chi connectivity index (χ2v) is 13.1. The number of hydrogen-bond acceptors (Lipinski definition) is 8. The molecule has 0 radical (unpaired) electrons. The van der Waals surface area contributed by atoms with Gasteiger partial charge in [0.1, 0.15) is 19.0 Å². The average Bonchev–Trinajstić information content (AvgIpc) is 3.13. The first kappa shape index (κ1) is 66.6. The summed E-state index contributed by atoms with van der Waals surface area (Å²) in [4.78, 5) is 55.3. The van der Waals surface area contributed by atoms with Crippen LogP contribution in [0.4, 0.5) is 0 Å². The van der Waals surface area contributed by atoms with Crippen molar-refractivity contribution in [3.63, 3.8) is 0 Å². The number of unbranched alkanes of at least 4 members (excludes halogenated alkanes) is 7. The van der Waals surface area contributed by atoms with Gasteiger partial charge in [0.15, 0.2) is 6.10 Å². The fraction of sp³-hybridized carbons (Fsp3) is 0.860. The van der Waals surface area contributed by atoms with Crippen molar-refractivity contribution in [1.29, 1.82) is 0 Å². The van der Waals surface area contributed by atoms with Crippen LogP contribution < -0.4 is 5.32 Å². The minimum atomic E-state index is -0.807. The second kappa shape index (κ2) is 57.5. The molecule has 2 N–H and O–H groups in total. The van der Waals surface area contributed by atoms with E-state index in [-0.39, 0.29) is 88.2 Å². The third kappa shape index (κ3) is 63.0. The van der Waals surface area contributed by atoms with Gasteiger partial charge in [-0.2, -0.15) is 6.92 Å². The number of ketones is 1. The first-order valence-corrected chi connectivity index (χ1v) is 20.3. The number of Topliss-reactive ketones (excluding diaryl/α,β-unsaturated/α-hetero) is 1. The zero-order valence-electron chi connectivity index (χ0n) is 35.8. The molecule has 10 heteroatoms. The summed E-state index contributed by atoms with van der Waals surface area (Å²) in [6.07, 6.45) is 18.9. The molecule has 3 unspecified atom stereocenters. The Balaban J connectivity index is -0.000000151. The maximum Gasteiger partial charge on any atom is 2.00 e. The Labute approximate surface area is 353 Å². The summed E-state index contributed by atoms with van der Waals surface area (Å²) >= 11 is 0. The van der Waals surface area contributed by atoms with Crippen molar-refractivity contribution in [2.75, 3.05) is 26.3 Å². The van der Waals surface area contributed by atoms with Crippen LogP contribution >= 0.6 is 0 Å². The van der Waals surface area contributed by atoms with Crippen LogP contribution in [-0.2, 0) is 38.2 Å². The van der Waals surface area contributed by atoms with Gasteiger partial charge < -0.3 is 36.0 Å². The van der Waals surface area contributed by atoms with E-state index in [9.17, 15) is 24.0 Å². The predicted octanol–water partition coefficient (Wildman–Crippen LogP) is 9.97. The van der Waals surface area contributed by atoms with Crippen molar-refractivity contribution in [2.45, 2.75) is 199 Å². The standard InChI is InChI=1S/C22H39NO7.C9H20.C7H13O.C2H6.C2H5.CH4.U/c1-4-5-6-7-10-18(2)22(27)29-16-20(15-28-17-24)30-21(26)12-9-14-23-13-8-11-19(3)25;1-4-5-6-7-8-9(2)3;1-3-4-5-7(2)6-8;2*1-2;;/h17-18,20,23H,4-16H2,1-3H3;9H,4-8H2,1-3H3;7H,3-5H2,1-2H3;1-2H3;1H2,2H3;1H4;/q;;-1;;-1;;+2/p+1. The number of esters is 2. The van der Waals surface area contributed by atoms with Crippen LogP contribution in [0.25, 0.3) is 0 Å². The number of hydrogen-bond donors (Lipinski definition) is 1. The molecule has 316 valence electrons. The fourth-order valence-corrected chi connectivity index (χ4v) is 4.40. The molecule has 0 bridgehead atoms. The van der Waals surface area contributed by atoms with Crippen LogP contribution in [-0.4, -0.2) is 62.9 Å². The quantitative estimate of drug-likeness (QED) is 0.0258. The smallest absolute Gasteiger partial charge is 0.542 e. The predicted molar refractivity (Wildman–Crippen MR) is 219 cm³/mol. The summed E-state index contributed by atoms with van der Waals surface area (Å²) in [6, 6.07) is 0. The number of carbonyl (C=O) groups is 4. The number of quaternary nitrogens is 1. The second-order valence-electron chi connectivity index (χ2n) is 13.1. The Hall–Kier alpha value is -1.24. The molecule has 0 saturated carbocycles. The fourth-order valence-electron chi connectivity index (χ4n) is 4.40. The van der Waals surface area contributed by atoms with E-state index in [0.29, 0.717) is 12.8 Å². The molecular weight excluding hydrogens is 897 g/mol. The molecule has 0 rings (SSSR count). The Bertz CT molecular complexity index is 752. The normalized spacial score (nSPS) is 11.2. The van der Waals surface area contributed by atoms with E-state index in [1.807, 2.05) is 34.0 Å². The molecule has 0 amide bonds. The summed E-state index contributed by atoms with van der Waals surface area (Å²) in [7, 11) is 0. The molecule has 53 heavy (non-hydrogen) atoms. The third-order valence-electron chi connectivity index (χ3n) is 7.51. The Morgan fingerprint density at radius 3 is 1.70 bits per heavy atom. The molecule has 0 heterocycles. The average molecular weight is 985 g/mol. The Morgan fingerprint density at radius 1 is 0.736 bits per heavy atom. The molecule has 0 spiro atoms. The molecule has 0 aromatic rings. The van der Waals surface area contributed by atoms with Crippen LogP contribution in [0, 0.1) is 55.8 Å². The molecule has 0 aliphatic rings. The van der Waals surface area contributed by atoms with Crippen molar-refractivity contribution >= 4 is 30.5 Å². The van der Waals surface area contributed by atoms with Gasteiger partial charge >= 0.3 is 43.1 Å². The molecule has 9 nitrogen and oxygen atoms in total. The van der Waals surface area contributed by atoms with Gasteiger partial charge in [0.2, 0.25) is 0 Å². The van der Waals surface area contributed by atoms with Crippen molar-refractivity contribution in [2.24, 2.45) is 17.8 Å². The van der Waals surface area contributed by atoms with Crippen LogP contribution in [0.15, 0.2) is 0 Å². The van der Waals surface area contributed by atoms with E-state index in [2.05, 4.69) is 51.6 Å². The van der Waals surface area contributed by atoms with E-state index in [1.165, 1.54) is 38.5 Å². The van der Waals surface area contributed by atoms with Gasteiger partial charge in [-0.15, -0.1) is 5.92 Å². The van der Waals surface area contributed by atoms with Gasteiger partial charge in [0.05, 0.1) is 25.4 Å². The first-order valence-electron chi connectivity index (χ1n) is 20.3. The summed E-state index contributed by atoms with van der Waals surface area (Å²) in [6.45, 7) is 27.0. The van der Waals surface area contributed by atoms with E-state index in [4.69, 9.17) is 9.47 Å². The molecule has 0 saturated heterocycles. The minimum Gasteiger partial charge on any atom is -0.542 e. The van der Waals surface area contributed by atoms with Gasteiger partial charge in [-0.3, -0.25) is 20.7 Å². The molecule has 0 aromatic heterocycles. The van der Waals surface area contributed by atoms with Gasteiger partial charge in [-0.25, -0.2) is 0 Å². The van der Waals surface area contributed by atoms with E-state index >= 15 is 0 Å². The summed E-state index contributed by atoms with van der Waals surface area (Å²) in [5.41, 5.74) is 0. The van der Waals surface area contributed by atoms with Crippen molar-refractivity contribution in [3.8, 4) is 0 Å². The van der Waals surface area contributed by atoms with Crippen molar-refractivity contribution in [3.05, 3.63) is 6.92 Å². The summed E-state index contributed by atoms with van der Waals surface area (Å²) in [5, 5.41) is 2.06. The maximum atomic E-state index is 12.1. The summed E-state index contributed by atoms with van der Waals surface area (Å²) in [5.74, 6) is 0.261.